The van der Waals surface area contributed by atoms with Crippen LogP contribution in [0.2, 0.25) is 5.02 Å². The lowest BCUT2D eigenvalue weighted by Gasteiger charge is -2.05. The SMILES string of the molecule is N#Cc1ccc(Cl)cc1OCc1ncon1. The van der Waals surface area contributed by atoms with Crippen LogP contribution in [0.1, 0.15) is 11.4 Å². The minimum atomic E-state index is 0.130. The van der Waals surface area contributed by atoms with E-state index in [4.69, 9.17) is 21.6 Å². The number of nitrogens with zero attached hydrogens (tertiary/aromatic N) is 3. The maximum atomic E-state index is 8.84. The van der Waals surface area contributed by atoms with Crippen LogP contribution in [-0.4, -0.2) is 10.1 Å². The van der Waals surface area contributed by atoms with Crippen molar-refractivity contribution in [2.45, 2.75) is 6.61 Å². The fourth-order valence-corrected chi connectivity index (χ4v) is 1.27. The predicted molar refractivity (Wildman–Crippen MR) is 54.8 cm³/mol. The second kappa shape index (κ2) is 4.64. The van der Waals surface area contributed by atoms with Gasteiger partial charge < -0.3 is 9.26 Å². The van der Waals surface area contributed by atoms with E-state index in [1.54, 1.807) is 18.2 Å². The van der Waals surface area contributed by atoms with Crippen molar-refractivity contribution in [3.63, 3.8) is 0 Å². The fourth-order valence-electron chi connectivity index (χ4n) is 1.11. The number of hydrogen-bond acceptors (Lipinski definition) is 5. The number of rotatable bonds is 3. The van der Waals surface area contributed by atoms with Crippen LogP contribution in [0.5, 0.6) is 5.75 Å². The molecule has 0 saturated heterocycles. The smallest absolute Gasteiger partial charge is 0.213 e. The van der Waals surface area contributed by atoms with Crippen LogP contribution in [0, 0.1) is 11.3 Å². The molecule has 0 atom stereocenters. The molecule has 0 fully saturated rings. The van der Waals surface area contributed by atoms with E-state index in [0.29, 0.717) is 22.2 Å². The first-order chi connectivity index (χ1) is 7.79. The normalized spacial score (nSPS) is 9.75. The second-order valence-corrected chi connectivity index (χ2v) is 3.32. The van der Waals surface area contributed by atoms with Crippen LogP contribution in [-0.2, 0) is 6.61 Å². The van der Waals surface area contributed by atoms with Gasteiger partial charge >= 0.3 is 0 Å². The molecule has 16 heavy (non-hydrogen) atoms. The van der Waals surface area contributed by atoms with Crippen LogP contribution in [0.3, 0.4) is 0 Å². The molecule has 0 N–H and O–H groups in total. The summed E-state index contributed by atoms with van der Waals surface area (Å²) >= 11 is 5.80. The molecule has 0 radical (unpaired) electrons. The Balaban J connectivity index is 2.15. The Morgan fingerprint density at radius 2 is 2.38 bits per heavy atom. The molecular weight excluding hydrogens is 230 g/mol. The predicted octanol–water partition coefficient (Wildman–Crippen LogP) is 2.17. The Morgan fingerprint density at radius 1 is 1.50 bits per heavy atom. The topological polar surface area (TPSA) is 71.9 Å². The molecule has 0 aliphatic heterocycles. The largest absolute Gasteiger partial charge is 0.484 e. The van der Waals surface area contributed by atoms with Gasteiger partial charge in [-0.3, -0.25) is 0 Å². The third kappa shape index (κ3) is 2.30. The van der Waals surface area contributed by atoms with E-state index in [0.717, 1.165) is 0 Å². The zero-order valence-electron chi connectivity index (χ0n) is 8.05. The number of aromatic nitrogens is 2. The lowest BCUT2D eigenvalue weighted by atomic mass is 10.2. The molecule has 0 spiro atoms. The van der Waals surface area contributed by atoms with E-state index >= 15 is 0 Å². The summed E-state index contributed by atoms with van der Waals surface area (Å²) in [7, 11) is 0. The van der Waals surface area contributed by atoms with Crippen LogP contribution in [0.4, 0.5) is 0 Å². The molecule has 0 aliphatic rings. The quantitative estimate of drug-likeness (QED) is 0.815. The average Bonchev–Trinajstić information content (AvgIpc) is 2.79. The molecule has 0 bridgehead atoms. The van der Waals surface area contributed by atoms with Gasteiger partial charge in [0.2, 0.25) is 12.2 Å². The maximum absolute atomic E-state index is 8.84. The van der Waals surface area contributed by atoms with Crippen molar-refractivity contribution >= 4 is 11.6 Å². The summed E-state index contributed by atoms with van der Waals surface area (Å²) < 4.78 is 9.91. The van der Waals surface area contributed by atoms with Gasteiger partial charge in [-0.05, 0) is 12.1 Å². The lowest BCUT2D eigenvalue weighted by Crippen LogP contribution is -1.98. The fraction of sp³-hybridized carbons (Fsp3) is 0.100. The standard InChI is InChI=1S/C10H6ClN3O2/c11-8-2-1-7(4-12)9(3-8)15-5-10-13-6-16-14-10/h1-3,6H,5H2. The summed E-state index contributed by atoms with van der Waals surface area (Å²) in [6, 6.07) is 6.79. The van der Waals surface area contributed by atoms with Gasteiger partial charge in [-0.25, -0.2) is 0 Å². The zero-order valence-corrected chi connectivity index (χ0v) is 8.81. The van der Waals surface area contributed by atoms with Gasteiger partial charge in [0.25, 0.3) is 0 Å². The Kier molecular flexibility index (Phi) is 3.03. The molecule has 80 valence electrons. The molecule has 6 heteroatoms. The third-order valence-electron chi connectivity index (χ3n) is 1.83. The molecule has 0 aliphatic carbocycles. The Labute approximate surface area is 96.2 Å². The third-order valence-corrected chi connectivity index (χ3v) is 2.06. The van der Waals surface area contributed by atoms with Gasteiger partial charge in [0.15, 0.2) is 6.61 Å². The van der Waals surface area contributed by atoms with Crippen molar-refractivity contribution in [3.8, 4) is 11.8 Å². The molecule has 0 amide bonds. The summed E-state index contributed by atoms with van der Waals surface area (Å²) in [5.41, 5.74) is 0.410. The van der Waals surface area contributed by atoms with E-state index in [9.17, 15) is 0 Å². The summed E-state index contributed by atoms with van der Waals surface area (Å²) in [5, 5.41) is 12.9. The van der Waals surface area contributed by atoms with E-state index < -0.39 is 0 Å². The Morgan fingerprint density at radius 3 is 3.06 bits per heavy atom. The highest BCUT2D eigenvalue weighted by atomic mass is 35.5. The summed E-state index contributed by atoms with van der Waals surface area (Å²) in [6.07, 6.45) is 1.21. The lowest BCUT2D eigenvalue weighted by molar-refractivity contribution is 0.286. The van der Waals surface area contributed by atoms with Gasteiger partial charge in [-0.15, -0.1) is 0 Å². The number of nitriles is 1. The van der Waals surface area contributed by atoms with Crippen molar-refractivity contribution < 1.29 is 9.26 Å². The minimum absolute atomic E-state index is 0.130. The molecule has 1 aromatic heterocycles. The highest BCUT2D eigenvalue weighted by molar-refractivity contribution is 6.30. The minimum Gasteiger partial charge on any atom is -0.484 e. The van der Waals surface area contributed by atoms with Crippen LogP contribution in [0.15, 0.2) is 29.1 Å². The Hall–Kier alpha value is -2.06. The van der Waals surface area contributed by atoms with E-state index in [2.05, 4.69) is 14.7 Å². The Bertz CT molecular complexity index is 519. The van der Waals surface area contributed by atoms with Gasteiger partial charge in [0.05, 0.1) is 5.56 Å². The molecule has 1 heterocycles. The molecule has 5 nitrogen and oxygen atoms in total. The summed E-state index contributed by atoms with van der Waals surface area (Å²) in [6.45, 7) is 0.130. The monoisotopic (exact) mass is 235 g/mol. The molecule has 2 aromatic rings. The number of halogens is 1. The molecule has 2 rings (SSSR count). The first-order valence-corrected chi connectivity index (χ1v) is 4.75. The highest BCUT2D eigenvalue weighted by Crippen LogP contribution is 2.23. The van der Waals surface area contributed by atoms with Crippen molar-refractivity contribution in [2.24, 2.45) is 0 Å². The van der Waals surface area contributed by atoms with Crippen molar-refractivity contribution in [3.05, 3.63) is 41.0 Å². The number of ether oxygens (including phenoxy) is 1. The molecule has 1 aromatic carbocycles. The van der Waals surface area contributed by atoms with Gasteiger partial charge in [0, 0.05) is 11.1 Å². The number of hydrogen-bond donors (Lipinski definition) is 0. The summed E-state index contributed by atoms with van der Waals surface area (Å²) in [5.74, 6) is 0.809. The van der Waals surface area contributed by atoms with Crippen LogP contribution < -0.4 is 4.74 Å². The van der Waals surface area contributed by atoms with Crippen molar-refractivity contribution in [1.82, 2.24) is 10.1 Å². The maximum Gasteiger partial charge on any atom is 0.213 e. The number of benzene rings is 1. The molecule has 0 saturated carbocycles. The van der Waals surface area contributed by atoms with Gasteiger partial charge in [-0.2, -0.15) is 10.2 Å². The van der Waals surface area contributed by atoms with Crippen molar-refractivity contribution in [1.29, 1.82) is 5.26 Å². The van der Waals surface area contributed by atoms with Crippen LogP contribution >= 0.6 is 11.6 Å². The van der Waals surface area contributed by atoms with Crippen molar-refractivity contribution in [2.75, 3.05) is 0 Å². The first-order valence-electron chi connectivity index (χ1n) is 4.37. The van der Waals surface area contributed by atoms with E-state index in [-0.39, 0.29) is 6.61 Å². The van der Waals surface area contributed by atoms with E-state index in [1.165, 1.54) is 6.39 Å². The second-order valence-electron chi connectivity index (χ2n) is 2.89. The van der Waals surface area contributed by atoms with Gasteiger partial charge in [0.1, 0.15) is 11.8 Å². The van der Waals surface area contributed by atoms with E-state index in [1.807, 2.05) is 6.07 Å². The summed E-state index contributed by atoms with van der Waals surface area (Å²) in [4.78, 5) is 3.79. The van der Waals surface area contributed by atoms with Gasteiger partial charge in [-0.1, -0.05) is 16.8 Å². The van der Waals surface area contributed by atoms with Crippen LogP contribution in [0.25, 0.3) is 0 Å². The average molecular weight is 236 g/mol. The zero-order chi connectivity index (χ0) is 11.4. The first kappa shape index (κ1) is 10.5. The molecule has 0 unspecified atom stereocenters. The highest BCUT2D eigenvalue weighted by Gasteiger charge is 2.06. The molecular formula is C10H6ClN3O2.